The molecule has 2 heteroatoms. The molecule has 1 saturated carbocycles. The normalized spacial score (nSPS) is 21.6. The van der Waals surface area contributed by atoms with E-state index in [0.29, 0.717) is 12.9 Å². The van der Waals surface area contributed by atoms with Crippen molar-refractivity contribution in [3.05, 3.63) is 0 Å². The topological polar surface area (TPSA) is 18.5 Å². The first-order valence-corrected chi connectivity index (χ1v) is 7.13. The van der Waals surface area contributed by atoms with Crippen molar-refractivity contribution in [3.63, 3.8) is 0 Å². The molecule has 0 heterocycles. The van der Waals surface area contributed by atoms with Gasteiger partial charge in [-0.3, -0.25) is 0 Å². The van der Waals surface area contributed by atoms with Gasteiger partial charge >= 0.3 is 0 Å². The third-order valence-corrected chi connectivity index (χ3v) is 3.39. The van der Waals surface area contributed by atoms with Crippen LogP contribution in [0.3, 0.4) is 0 Å². The van der Waals surface area contributed by atoms with Crippen LogP contribution in [0.2, 0.25) is 0 Å². The third-order valence-electron chi connectivity index (χ3n) is 3.39. The molecule has 96 valence electrons. The Balaban J connectivity index is 2.17. The van der Waals surface area contributed by atoms with Crippen LogP contribution in [-0.4, -0.2) is 19.5 Å². The van der Waals surface area contributed by atoms with Crippen molar-refractivity contribution in [2.24, 2.45) is 0 Å². The van der Waals surface area contributed by atoms with E-state index in [-0.39, 0.29) is 0 Å². The fourth-order valence-corrected chi connectivity index (χ4v) is 2.34. The lowest BCUT2D eigenvalue weighted by molar-refractivity contribution is -0.0912. The maximum absolute atomic E-state index is 5.77. The highest BCUT2D eigenvalue weighted by molar-refractivity contribution is 4.61. The van der Waals surface area contributed by atoms with E-state index in [1.165, 1.54) is 64.2 Å². The molecule has 0 unspecified atom stereocenters. The summed E-state index contributed by atoms with van der Waals surface area (Å²) in [7, 11) is 0. The first-order valence-electron chi connectivity index (χ1n) is 7.13. The fraction of sp³-hybridized carbons (Fsp3) is 1.00. The van der Waals surface area contributed by atoms with Gasteiger partial charge in [0.05, 0.1) is 6.10 Å². The van der Waals surface area contributed by atoms with Crippen molar-refractivity contribution in [2.75, 3.05) is 13.4 Å². The highest BCUT2D eigenvalue weighted by atomic mass is 16.7. The molecule has 0 saturated heterocycles. The van der Waals surface area contributed by atoms with Crippen molar-refractivity contribution in [1.29, 1.82) is 0 Å². The lowest BCUT2D eigenvalue weighted by Gasteiger charge is -2.17. The Morgan fingerprint density at radius 2 is 1.31 bits per heavy atom. The van der Waals surface area contributed by atoms with Crippen molar-refractivity contribution >= 4 is 0 Å². The molecule has 0 aromatic carbocycles. The van der Waals surface area contributed by atoms with Gasteiger partial charge in [-0.1, -0.05) is 51.4 Å². The minimum Gasteiger partial charge on any atom is -0.356 e. The van der Waals surface area contributed by atoms with Crippen LogP contribution in [0.5, 0.6) is 0 Å². The van der Waals surface area contributed by atoms with Crippen LogP contribution in [0.1, 0.15) is 71.1 Å². The Labute approximate surface area is 101 Å². The van der Waals surface area contributed by atoms with Crippen LogP contribution in [-0.2, 0) is 9.47 Å². The second-order valence-electron chi connectivity index (χ2n) is 4.81. The van der Waals surface area contributed by atoms with Gasteiger partial charge in [-0.25, -0.2) is 0 Å². The summed E-state index contributed by atoms with van der Waals surface area (Å²) in [5, 5.41) is 0. The largest absolute Gasteiger partial charge is 0.356 e. The van der Waals surface area contributed by atoms with Gasteiger partial charge in [0.15, 0.2) is 0 Å². The molecular weight excluding hydrogens is 200 g/mol. The van der Waals surface area contributed by atoms with Crippen LogP contribution in [0.15, 0.2) is 0 Å². The molecule has 1 rings (SSSR count). The Morgan fingerprint density at radius 1 is 0.812 bits per heavy atom. The molecule has 0 bridgehead atoms. The van der Waals surface area contributed by atoms with Crippen molar-refractivity contribution < 1.29 is 9.47 Å². The fourth-order valence-electron chi connectivity index (χ4n) is 2.34. The predicted octanol–water partition coefficient (Wildman–Crippen LogP) is 4.28. The Morgan fingerprint density at radius 3 is 1.81 bits per heavy atom. The highest BCUT2D eigenvalue weighted by Gasteiger charge is 2.09. The number of hydrogen-bond acceptors (Lipinski definition) is 2. The average Bonchev–Trinajstić information content (AvgIpc) is 2.35. The van der Waals surface area contributed by atoms with E-state index in [4.69, 9.17) is 9.47 Å². The van der Waals surface area contributed by atoms with E-state index >= 15 is 0 Å². The van der Waals surface area contributed by atoms with Crippen molar-refractivity contribution in [2.45, 2.75) is 77.2 Å². The van der Waals surface area contributed by atoms with Gasteiger partial charge in [0.2, 0.25) is 0 Å². The van der Waals surface area contributed by atoms with Gasteiger partial charge in [0.1, 0.15) is 6.79 Å². The predicted molar refractivity (Wildman–Crippen MR) is 67.5 cm³/mol. The molecule has 16 heavy (non-hydrogen) atoms. The molecule has 1 fully saturated rings. The van der Waals surface area contributed by atoms with Gasteiger partial charge in [-0.05, 0) is 19.8 Å². The molecule has 1 aliphatic carbocycles. The van der Waals surface area contributed by atoms with Gasteiger partial charge in [-0.15, -0.1) is 0 Å². The summed E-state index contributed by atoms with van der Waals surface area (Å²) in [6.45, 7) is 3.26. The Bertz CT molecular complexity index is 136. The maximum Gasteiger partial charge on any atom is 0.147 e. The minimum absolute atomic E-state index is 0.449. The molecule has 2 nitrogen and oxygen atoms in total. The van der Waals surface area contributed by atoms with Crippen LogP contribution in [0.25, 0.3) is 0 Å². The summed E-state index contributed by atoms with van der Waals surface area (Å²) in [5.74, 6) is 0. The first-order chi connectivity index (χ1) is 7.93. The van der Waals surface area contributed by atoms with Crippen LogP contribution in [0.4, 0.5) is 0 Å². The second-order valence-corrected chi connectivity index (χ2v) is 4.81. The molecule has 0 aliphatic heterocycles. The van der Waals surface area contributed by atoms with E-state index in [0.717, 1.165) is 6.61 Å². The molecule has 0 aromatic heterocycles. The maximum atomic E-state index is 5.77. The summed E-state index contributed by atoms with van der Waals surface area (Å²) in [4.78, 5) is 0. The summed E-state index contributed by atoms with van der Waals surface area (Å²) < 4.78 is 11.0. The first kappa shape index (κ1) is 14.0. The molecule has 0 amide bonds. The monoisotopic (exact) mass is 228 g/mol. The van der Waals surface area contributed by atoms with Crippen LogP contribution >= 0.6 is 0 Å². The Hall–Kier alpha value is -0.0800. The summed E-state index contributed by atoms with van der Waals surface area (Å²) in [6, 6.07) is 0. The van der Waals surface area contributed by atoms with Crippen LogP contribution < -0.4 is 0 Å². The zero-order valence-electron chi connectivity index (χ0n) is 10.9. The SMILES string of the molecule is CCOCOC1CCCCCCCCCC1. The van der Waals surface area contributed by atoms with E-state index in [2.05, 4.69) is 0 Å². The lowest BCUT2D eigenvalue weighted by Crippen LogP contribution is -2.15. The highest BCUT2D eigenvalue weighted by Crippen LogP contribution is 2.18. The summed E-state index contributed by atoms with van der Waals surface area (Å²) in [6.07, 6.45) is 14.0. The van der Waals surface area contributed by atoms with E-state index in [1.807, 2.05) is 6.92 Å². The van der Waals surface area contributed by atoms with Crippen LogP contribution in [0, 0.1) is 0 Å². The van der Waals surface area contributed by atoms with E-state index in [9.17, 15) is 0 Å². The van der Waals surface area contributed by atoms with Gasteiger partial charge in [-0.2, -0.15) is 0 Å². The molecule has 0 radical (unpaired) electrons. The smallest absolute Gasteiger partial charge is 0.147 e. The summed E-state index contributed by atoms with van der Waals surface area (Å²) in [5.41, 5.74) is 0. The number of rotatable bonds is 4. The molecule has 0 spiro atoms. The zero-order valence-corrected chi connectivity index (χ0v) is 10.9. The summed E-state index contributed by atoms with van der Waals surface area (Å²) >= 11 is 0. The van der Waals surface area contributed by atoms with Crippen molar-refractivity contribution in [1.82, 2.24) is 0 Å². The zero-order chi connectivity index (χ0) is 11.5. The molecule has 0 atom stereocenters. The van der Waals surface area contributed by atoms with E-state index in [1.54, 1.807) is 0 Å². The number of ether oxygens (including phenoxy) is 2. The van der Waals surface area contributed by atoms with Gasteiger partial charge < -0.3 is 9.47 Å². The van der Waals surface area contributed by atoms with E-state index < -0.39 is 0 Å². The molecule has 0 N–H and O–H groups in total. The Kier molecular flexibility index (Phi) is 8.83. The molecule has 0 aromatic rings. The standard InChI is InChI=1S/C14H28O2/c1-2-15-13-16-14-11-9-7-5-3-4-6-8-10-12-14/h14H,2-13H2,1H3. The molecular formula is C14H28O2. The number of hydrogen-bond donors (Lipinski definition) is 0. The molecule has 1 aliphatic rings. The van der Waals surface area contributed by atoms with Gasteiger partial charge in [0.25, 0.3) is 0 Å². The van der Waals surface area contributed by atoms with Crippen molar-refractivity contribution in [3.8, 4) is 0 Å². The quantitative estimate of drug-likeness (QED) is 0.528. The second kappa shape index (κ2) is 10.1. The van der Waals surface area contributed by atoms with Gasteiger partial charge in [0, 0.05) is 6.61 Å². The average molecular weight is 228 g/mol. The third kappa shape index (κ3) is 7.24. The minimum atomic E-state index is 0.449. The lowest BCUT2D eigenvalue weighted by atomic mass is 10.1.